The van der Waals surface area contributed by atoms with Crippen LogP contribution in [0.5, 0.6) is 0 Å². The first kappa shape index (κ1) is 13.9. The number of ether oxygens (including phenoxy) is 1. The van der Waals surface area contributed by atoms with Crippen LogP contribution in [0.4, 0.5) is 0 Å². The summed E-state index contributed by atoms with van der Waals surface area (Å²) in [5, 5.41) is 2.35. The van der Waals surface area contributed by atoms with Gasteiger partial charge in [-0.3, -0.25) is 0 Å². The molecule has 3 heteroatoms. The van der Waals surface area contributed by atoms with Crippen LogP contribution in [0.2, 0.25) is 0 Å². The summed E-state index contributed by atoms with van der Waals surface area (Å²) in [7, 11) is -0.140. The molecule has 0 heterocycles. The molecule has 0 radical (unpaired) electrons. The lowest BCUT2D eigenvalue weighted by Crippen LogP contribution is -2.28. The van der Waals surface area contributed by atoms with Crippen molar-refractivity contribution in [2.75, 3.05) is 12.9 Å². The lowest BCUT2D eigenvalue weighted by molar-refractivity contribution is -0.142. The van der Waals surface area contributed by atoms with Crippen LogP contribution in [0.15, 0.2) is 47.4 Å². The van der Waals surface area contributed by atoms with E-state index in [4.69, 9.17) is 4.74 Å². The summed E-state index contributed by atoms with van der Waals surface area (Å²) in [5.74, 6) is -0.110. The second kappa shape index (κ2) is 6.11. The summed E-state index contributed by atoms with van der Waals surface area (Å²) in [5.41, 5.74) is 0. The number of carbonyl (C=O) groups excluding carboxylic acids is 1. The Labute approximate surface area is 117 Å². The van der Waals surface area contributed by atoms with Crippen molar-refractivity contribution < 1.29 is 9.53 Å². The number of benzene rings is 2. The SMILES string of the molecule is CCOC(=O)C(C)[S+](C)c1ccc2ccccc2c1. The van der Waals surface area contributed by atoms with E-state index < -0.39 is 0 Å². The van der Waals surface area contributed by atoms with Gasteiger partial charge in [0, 0.05) is 17.0 Å². The first-order valence-electron chi connectivity index (χ1n) is 6.43. The Hall–Kier alpha value is -1.48. The molecule has 0 saturated heterocycles. The van der Waals surface area contributed by atoms with Crippen LogP contribution in [0.1, 0.15) is 13.8 Å². The third kappa shape index (κ3) is 3.10. The number of fused-ring (bicyclic) bond motifs is 1. The van der Waals surface area contributed by atoms with Crippen LogP contribution in [0.3, 0.4) is 0 Å². The van der Waals surface area contributed by atoms with Crippen LogP contribution >= 0.6 is 0 Å². The van der Waals surface area contributed by atoms with Gasteiger partial charge in [-0.15, -0.1) is 0 Å². The van der Waals surface area contributed by atoms with Gasteiger partial charge in [0.2, 0.25) is 5.25 Å². The highest BCUT2D eigenvalue weighted by molar-refractivity contribution is 7.97. The average Bonchev–Trinajstić information content (AvgIpc) is 2.45. The zero-order valence-electron chi connectivity index (χ0n) is 11.6. The minimum absolute atomic E-state index is 0.0962. The van der Waals surface area contributed by atoms with E-state index in [2.05, 4.69) is 36.6 Å². The third-order valence-corrected chi connectivity index (χ3v) is 5.49. The van der Waals surface area contributed by atoms with Crippen molar-refractivity contribution in [3.63, 3.8) is 0 Å². The first-order chi connectivity index (χ1) is 9.13. The maximum Gasteiger partial charge on any atom is 0.359 e. The highest BCUT2D eigenvalue weighted by Crippen LogP contribution is 2.22. The molecule has 2 aromatic rings. The van der Waals surface area contributed by atoms with Crippen LogP contribution < -0.4 is 0 Å². The molecule has 19 heavy (non-hydrogen) atoms. The van der Waals surface area contributed by atoms with Crippen molar-refractivity contribution in [2.24, 2.45) is 0 Å². The molecule has 0 aliphatic heterocycles. The smallest absolute Gasteiger partial charge is 0.359 e. The maximum atomic E-state index is 11.8. The van der Waals surface area contributed by atoms with Crippen molar-refractivity contribution in [3.8, 4) is 0 Å². The molecule has 0 saturated carbocycles. The zero-order chi connectivity index (χ0) is 13.8. The molecule has 0 aromatic heterocycles. The van der Waals surface area contributed by atoms with E-state index in [-0.39, 0.29) is 22.1 Å². The number of carbonyl (C=O) groups is 1. The van der Waals surface area contributed by atoms with Gasteiger partial charge in [0.25, 0.3) is 0 Å². The second-order valence-corrected chi connectivity index (χ2v) is 6.75. The fraction of sp³-hybridized carbons (Fsp3) is 0.312. The Morgan fingerprint density at radius 1 is 1.21 bits per heavy atom. The highest BCUT2D eigenvalue weighted by Gasteiger charge is 2.32. The molecule has 100 valence electrons. The number of esters is 1. The van der Waals surface area contributed by atoms with Gasteiger partial charge >= 0.3 is 5.97 Å². The van der Waals surface area contributed by atoms with Crippen LogP contribution in [-0.2, 0) is 20.4 Å². The van der Waals surface area contributed by atoms with Crippen LogP contribution in [0.25, 0.3) is 10.8 Å². The predicted molar refractivity (Wildman–Crippen MR) is 81.6 cm³/mol. The fourth-order valence-electron chi connectivity index (χ4n) is 1.98. The highest BCUT2D eigenvalue weighted by atomic mass is 32.2. The van der Waals surface area contributed by atoms with E-state index in [0.29, 0.717) is 6.61 Å². The molecule has 2 unspecified atom stereocenters. The Morgan fingerprint density at radius 2 is 1.89 bits per heavy atom. The van der Waals surface area contributed by atoms with E-state index in [1.165, 1.54) is 15.7 Å². The average molecular weight is 275 g/mol. The number of hydrogen-bond acceptors (Lipinski definition) is 2. The standard InChI is InChI=1S/C16H19O2S/c1-4-18-16(17)12(2)19(3)15-10-9-13-7-5-6-8-14(13)11-15/h5-12H,4H2,1-3H3/q+1. The Kier molecular flexibility index (Phi) is 4.48. The summed E-state index contributed by atoms with van der Waals surface area (Å²) in [6, 6.07) is 14.7. The van der Waals surface area contributed by atoms with Crippen LogP contribution in [-0.4, -0.2) is 24.1 Å². The maximum absolute atomic E-state index is 11.8. The van der Waals surface area contributed by atoms with Crippen molar-refractivity contribution in [1.82, 2.24) is 0 Å². The van der Waals surface area contributed by atoms with E-state index in [1.54, 1.807) is 0 Å². The molecule has 0 N–H and O–H groups in total. The molecular weight excluding hydrogens is 256 g/mol. The number of rotatable bonds is 4. The molecule has 2 rings (SSSR count). The summed E-state index contributed by atoms with van der Waals surface area (Å²) in [4.78, 5) is 13.0. The Bertz CT molecular complexity index is 580. The zero-order valence-corrected chi connectivity index (χ0v) is 12.4. The largest absolute Gasteiger partial charge is 0.462 e. The van der Waals surface area contributed by atoms with E-state index in [0.717, 1.165) is 0 Å². The summed E-state index contributed by atoms with van der Waals surface area (Å²) in [6.45, 7) is 4.23. The molecule has 0 bridgehead atoms. The molecular formula is C16H19O2S+. The minimum atomic E-state index is -0.140. The van der Waals surface area contributed by atoms with Crippen molar-refractivity contribution in [1.29, 1.82) is 0 Å². The van der Waals surface area contributed by atoms with Gasteiger partial charge in [-0.05, 0) is 36.8 Å². The lowest BCUT2D eigenvalue weighted by Gasteiger charge is -2.11. The van der Waals surface area contributed by atoms with Crippen LogP contribution in [0, 0.1) is 0 Å². The second-order valence-electron chi connectivity index (χ2n) is 4.46. The van der Waals surface area contributed by atoms with Gasteiger partial charge < -0.3 is 4.74 Å². The van der Waals surface area contributed by atoms with E-state index in [1.807, 2.05) is 26.0 Å². The molecule has 0 spiro atoms. The lowest BCUT2D eigenvalue weighted by atomic mass is 10.1. The molecule has 0 amide bonds. The van der Waals surface area contributed by atoms with Gasteiger partial charge in [0.05, 0.1) is 6.61 Å². The van der Waals surface area contributed by atoms with Crippen molar-refractivity contribution in [2.45, 2.75) is 24.0 Å². The fourth-order valence-corrected chi connectivity index (χ4v) is 3.34. The third-order valence-electron chi connectivity index (χ3n) is 3.24. The molecule has 0 aliphatic rings. The normalized spacial score (nSPS) is 14.1. The van der Waals surface area contributed by atoms with Crippen molar-refractivity contribution in [3.05, 3.63) is 42.5 Å². The molecule has 2 aromatic carbocycles. The molecule has 2 nitrogen and oxygen atoms in total. The molecule has 0 fully saturated rings. The van der Waals surface area contributed by atoms with Gasteiger partial charge in [0.15, 0.2) is 4.90 Å². The first-order valence-corrected chi connectivity index (χ1v) is 8.13. The molecule has 2 atom stereocenters. The van der Waals surface area contributed by atoms with Gasteiger partial charge in [0.1, 0.15) is 6.26 Å². The number of hydrogen-bond donors (Lipinski definition) is 0. The van der Waals surface area contributed by atoms with Gasteiger partial charge in [-0.25, -0.2) is 4.79 Å². The summed E-state index contributed by atoms with van der Waals surface area (Å²) >= 11 is 0. The Balaban J connectivity index is 2.25. The minimum Gasteiger partial charge on any atom is -0.462 e. The van der Waals surface area contributed by atoms with Gasteiger partial charge in [-0.1, -0.05) is 24.3 Å². The summed E-state index contributed by atoms with van der Waals surface area (Å²) in [6.07, 6.45) is 2.10. The predicted octanol–water partition coefficient (Wildman–Crippen LogP) is 3.40. The monoisotopic (exact) mass is 275 g/mol. The van der Waals surface area contributed by atoms with Gasteiger partial charge in [-0.2, -0.15) is 0 Å². The molecule has 0 aliphatic carbocycles. The summed E-state index contributed by atoms with van der Waals surface area (Å²) < 4.78 is 5.10. The quantitative estimate of drug-likeness (QED) is 0.631. The topological polar surface area (TPSA) is 26.3 Å². The Morgan fingerprint density at radius 3 is 2.58 bits per heavy atom. The van der Waals surface area contributed by atoms with E-state index in [9.17, 15) is 4.79 Å². The van der Waals surface area contributed by atoms with Crippen molar-refractivity contribution >= 4 is 27.6 Å². The van der Waals surface area contributed by atoms with E-state index >= 15 is 0 Å².